The smallest absolute Gasteiger partial charge is 0.406 e. The number of guanidine groups is 2. The van der Waals surface area contributed by atoms with Crippen LogP contribution in [0.3, 0.4) is 0 Å². The highest BCUT2D eigenvalue weighted by Crippen LogP contribution is 2.24. The molecule has 0 unspecified atom stereocenters. The van der Waals surface area contributed by atoms with Gasteiger partial charge in [0.05, 0.1) is 5.69 Å². The van der Waals surface area contributed by atoms with E-state index in [0.717, 1.165) is 38.1 Å². The van der Waals surface area contributed by atoms with E-state index in [0.29, 0.717) is 17.6 Å². The fraction of sp³-hybridized carbons (Fsp3) is 0.467. The maximum Gasteiger partial charge on any atom is 0.573 e. The van der Waals surface area contributed by atoms with Gasteiger partial charge in [-0.05, 0) is 43.0 Å². The van der Waals surface area contributed by atoms with Gasteiger partial charge in [-0.25, -0.2) is 4.99 Å². The minimum Gasteiger partial charge on any atom is -0.406 e. The fourth-order valence-corrected chi connectivity index (χ4v) is 2.31. The third-order valence-corrected chi connectivity index (χ3v) is 3.65. The van der Waals surface area contributed by atoms with Crippen molar-refractivity contribution in [2.24, 2.45) is 27.4 Å². The first-order valence-corrected chi connectivity index (χ1v) is 7.52. The molecule has 1 aliphatic rings. The van der Waals surface area contributed by atoms with Crippen LogP contribution in [0.2, 0.25) is 0 Å². The summed E-state index contributed by atoms with van der Waals surface area (Å²) in [6, 6.07) is 5.00. The van der Waals surface area contributed by atoms with Crippen LogP contribution in [0.1, 0.15) is 19.8 Å². The van der Waals surface area contributed by atoms with Crippen molar-refractivity contribution in [3.8, 4) is 5.75 Å². The number of alkyl halides is 3. The zero-order valence-electron chi connectivity index (χ0n) is 13.7. The molecule has 10 heteroatoms. The summed E-state index contributed by atoms with van der Waals surface area (Å²) in [5.41, 5.74) is 12.0. The van der Waals surface area contributed by atoms with E-state index in [9.17, 15) is 13.2 Å². The monoisotopic (exact) mass is 379 g/mol. The van der Waals surface area contributed by atoms with Gasteiger partial charge in [-0.3, -0.25) is 0 Å². The average molecular weight is 380 g/mol. The molecule has 1 fully saturated rings. The van der Waals surface area contributed by atoms with Gasteiger partial charge in [0.15, 0.2) is 5.96 Å². The van der Waals surface area contributed by atoms with Crippen LogP contribution in [-0.4, -0.2) is 36.3 Å². The number of aliphatic imine (C=N–C) groups is 2. The van der Waals surface area contributed by atoms with E-state index < -0.39 is 6.36 Å². The molecule has 4 N–H and O–H groups in total. The van der Waals surface area contributed by atoms with Crippen molar-refractivity contribution in [1.29, 1.82) is 0 Å². The van der Waals surface area contributed by atoms with Gasteiger partial charge in [0.2, 0.25) is 5.96 Å². The molecule has 0 amide bonds. The molecule has 0 aromatic heterocycles. The van der Waals surface area contributed by atoms with Crippen molar-refractivity contribution in [3.05, 3.63) is 24.3 Å². The Balaban J connectivity index is 0.00000312. The van der Waals surface area contributed by atoms with Crippen LogP contribution < -0.4 is 16.2 Å². The second-order valence-electron chi connectivity index (χ2n) is 5.65. The van der Waals surface area contributed by atoms with Gasteiger partial charge < -0.3 is 21.1 Å². The predicted octanol–water partition coefficient (Wildman–Crippen LogP) is 3.00. The Morgan fingerprint density at radius 2 is 1.72 bits per heavy atom. The summed E-state index contributed by atoms with van der Waals surface area (Å²) in [6.07, 6.45) is -2.66. The number of rotatable bonds is 2. The van der Waals surface area contributed by atoms with Crippen LogP contribution in [0.4, 0.5) is 18.9 Å². The molecule has 140 valence electrons. The van der Waals surface area contributed by atoms with Crippen LogP contribution in [0.5, 0.6) is 5.75 Å². The Kier molecular flexibility index (Phi) is 7.35. The molecular formula is C15H21ClF3N5O. The number of nitrogens with two attached hydrogens (primary N) is 2. The Bertz CT molecular complexity index is 611. The zero-order chi connectivity index (χ0) is 17.7. The van der Waals surface area contributed by atoms with Gasteiger partial charge in [-0.2, -0.15) is 4.99 Å². The first-order valence-electron chi connectivity index (χ1n) is 7.52. The maximum atomic E-state index is 12.1. The number of likely N-dealkylation sites (tertiary alicyclic amines) is 1. The average Bonchev–Trinajstić information content (AvgIpc) is 2.48. The molecule has 0 saturated carbocycles. The molecule has 2 rings (SSSR count). The van der Waals surface area contributed by atoms with Crippen molar-refractivity contribution in [3.63, 3.8) is 0 Å². The number of hydrogen-bond donors (Lipinski definition) is 2. The van der Waals surface area contributed by atoms with Crippen LogP contribution >= 0.6 is 12.4 Å². The van der Waals surface area contributed by atoms with Crippen LogP contribution in [0.25, 0.3) is 0 Å². The standard InChI is InChI=1S/C15H20F3N5O.ClH/c1-10-6-8-23(9-7-10)14(20)22-13(19)21-11-2-4-12(5-3-11)24-15(16,17)18;/h2-5,10H,6-9H2,1H3,(H4,19,20,21,22);1H. The van der Waals surface area contributed by atoms with Gasteiger partial charge in [0.25, 0.3) is 0 Å². The van der Waals surface area contributed by atoms with Crippen molar-refractivity contribution < 1.29 is 17.9 Å². The number of hydrogen-bond acceptors (Lipinski definition) is 2. The Labute approximate surface area is 150 Å². The summed E-state index contributed by atoms with van der Waals surface area (Å²) in [5.74, 6) is 0.568. The van der Waals surface area contributed by atoms with Crippen molar-refractivity contribution in [2.45, 2.75) is 26.1 Å². The predicted molar refractivity (Wildman–Crippen MR) is 93.2 cm³/mol. The summed E-state index contributed by atoms with van der Waals surface area (Å²) in [5, 5.41) is 0. The molecule has 0 spiro atoms. The second-order valence-corrected chi connectivity index (χ2v) is 5.65. The van der Waals surface area contributed by atoms with Gasteiger partial charge in [-0.1, -0.05) is 6.92 Å². The zero-order valence-corrected chi connectivity index (χ0v) is 14.5. The lowest BCUT2D eigenvalue weighted by molar-refractivity contribution is -0.274. The van der Waals surface area contributed by atoms with Gasteiger partial charge in [0.1, 0.15) is 5.75 Å². The molecule has 1 aliphatic heterocycles. The molecule has 1 heterocycles. The van der Waals surface area contributed by atoms with E-state index in [1.165, 1.54) is 12.1 Å². The van der Waals surface area contributed by atoms with Crippen LogP contribution in [-0.2, 0) is 0 Å². The summed E-state index contributed by atoms with van der Waals surface area (Å²) in [4.78, 5) is 9.98. The van der Waals surface area contributed by atoms with Gasteiger partial charge >= 0.3 is 6.36 Å². The molecule has 0 aliphatic carbocycles. The quantitative estimate of drug-likeness (QED) is 0.610. The molecule has 1 aromatic carbocycles. The third-order valence-electron chi connectivity index (χ3n) is 3.65. The van der Waals surface area contributed by atoms with E-state index in [1.54, 1.807) is 0 Å². The lowest BCUT2D eigenvalue weighted by Gasteiger charge is -2.30. The topological polar surface area (TPSA) is 89.2 Å². The fourth-order valence-electron chi connectivity index (χ4n) is 2.31. The van der Waals surface area contributed by atoms with E-state index in [4.69, 9.17) is 11.5 Å². The van der Waals surface area contributed by atoms with Gasteiger partial charge in [0, 0.05) is 13.1 Å². The lowest BCUT2D eigenvalue weighted by atomic mass is 10.00. The number of benzene rings is 1. The number of ether oxygens (including phenoxy) is 1. The maximum absolute atomic E-state index is 12.1. The summed E-state index contributed by atoms with van der Waals surface area (Å²) in [7, 11) is 0. The molecule has 0 bridgehead atoms. The van der Waals surface area contributed by atoms with Gasteiger partial charge in [-0.15, -0.1) is 25.6 Å². The van der Waals surface area contributed by atoms with E-state index in [-0.39, 0.29) is 24.1 Å². The minimum absolute atomic E-state index is 0. The van der Waals surface area contributed by atoms with E-state index in [1.807, 2.05) is 4.90 Å². The molecule has 1 saturated heterocycles. The summed E-state index contributed by atoms with van der Waals surface area (Å²) >= 11 is 0. The highest BCUT2D eigenvalue weighted by Gasteiger charge is 2.30. The number of piperidine rings is 1. The Morgan fingerprint density at radius 1 is 1.16 bits per heavy atom. The molecule has 6 nitrogen and oxygen atoms in total. The molecule has 0 atom stereocenters. The minimum atomic E-state index is -4.73. The highest BCUT2D eigenvalue weighted by atomic mass is 35.5. The summed E-state index contributed by atoms with van der Waals surface area (Å²) in [6.45, 7) is 3.81. The number of nitrogens with zero attached hydrogens (tertiary/aromatic N) is 3. The normalized spacial score (nSPS) is 17.2. The lowest BCUT2D eigenvalue weighted by Crippen LogP contribution is -2.43. The van der Waals surface area contributed by atoms with Crippen molar-refractivity contribution in [1.82, 2.24) is 4.90 Å². The molecular weight excluding hydrogens is 359 g/mol. The Morgan fingerprint density at radius 3 is 2.24 bits per heavy atom. The van der Waals surface area contributed by atoms with Crippen LogP contribution in [0, 0.1) is 5.92 Å². The molecule has 0 radical (unpaired) electrons. The van der Waals surface area contributed by atoms with E-state index >= 15 is 0 Å². The third kappa shape index (κ3) is 7.08. The van der Waals surface area contributed by atoms with E-state index in [2.05, 4.69) is 21.6 Å². The Hall–Kier alpha value is -2.16. The number of halogens is 4. The first-order chi connectivity index (χ1) is 11.2. The van der Waals surface area contributed by atoms with Crippen molar-refractivity contribution in [2.75, 3.05) is 13.1 Å². The second kappa shape index (κ2) is 8.80. The molecule has 25 heavy (non-hydrogen) atoms. The first kappa shape index (κ1) is 20.9. The van der Waals surface area contributed by atoms with Crippen molar-refractivity contribution >= 4 is 30.0 Å². The molecule has 1 aromatic rings. The largest absolute Gasteiger partial charge is 0.573 e. The highest BCUT2D eigenvalue weighted by molar-refractivity contribution is 5.94. The van der Waals surface area contributed by atoms with Crippen LogP contribution in [0.15, 0.2) is 34.3 Å². The SMILES string of the molecule is CC1CCN(C(N)=NC(N)=Nc2ccc(OC(F)(F)F)cc2)CC1.Cl. The summed E-state index contributed by atoms with van der Waals surface area (Å²) < 4.78 is 40.1.